The first-order valence-corrected chi connectivity index (χ1v) is 10.1. The Labute approximate surface area is 154 Å². The number of hydrogen-bond acceptors (Lipinski definition) is 6. The number of ether oxygens (including phenoxy) is 1. The van der Waals surface area contributed by atoms with Crippen LogP contribution in [-0.2, 0) is 14.8 Å². The number of benzene rings is 1. The molecule has 1 fully saturated rings. The van der Waals surface area contributed by atoms with Gasteiger partial charge in [0.2, 0.25) is 10.0 Å². The Hall–Kier alpha value is -1.71. The molecule has 0 aromatic heterocycles. The predicted molar refractivity (Wildman–Crippen MR) is 99.8 cm³/mol. The molecule has 2 rings (SSSR count). The fraction of sp³-hybridized carbons (Fsp3) is 0.647. The highest BCUT2D eigenvalue weighted by molar-refractivity contribution is 7.89. The van der Waals surface area contributed by atoms with E-state index in [-0.39, 0.29) is 28.0 Å². The molecule has 1 aromatic carbocycles. The van der Waals surface area contributed by atoms with E-state index in [0.29, 0.717) is 12.2 Å². The van der Waals surface area contributed by atoms with E-state index in [1.807, 2.05) is 0 Å². The molecular weight excluding hydrogens is 358 g/mol. The number of sulfonamides is 1. The minimum atomic E-state index is -3.74. The summed E-state index contributed by atoms with van der Waals surface area (Å²) in [6.45, 7) is 7.62. The van der Waals surface area contributed by atoms with Gasteiger partial charge >= 0.3 is 0 Å². The number of anilines is 1. The molecule has 0 saturated carbocycles. The van der Waals surface area contributed by atoms with Gasteiger partial charge < -0.3 is 10.1 Å². The van der Waals surface area contributed by atoms with Gasteiger partial charge in [-0.3, -0.25) is 10.1 Å². The molecule has 0 aliphatic carbocycles. The van der Waals surface area contributed by atoms with Gasteiger partial charge in [0.25, 0.3) is 5.69 Å². The first kappa shape index (κ1) is 20.6. The maximum absolute atomic E-state index is 11.9. The van der Waals surface area contributed by atoms with Crippen molar-refractivity contribution >= 4 is 21.4 Å². The number of nitro groups is 1. The topological polar surface area (TPSA) is 111 Å². The predicted octanol–water partition coefficient (Wildman–Crippen LogP) is 2.76. The van der Waals surface area contributed by atoms with Crippen molar-refractivity contribution in [1.82, 2.24) is 4.72 Å². The van der Waals surface area contributed by atoms with Crippen LogP contribution in [0, 0.1) is 21.4 Å². The SMILES string of the molecule is CNS(=O)(=O)c1ccc(NCC2CCCOC2C(C)(C)C)c([N+](=O)[O-])c1. The van der Waals surface area contributed by atoms with Gasteiger partial charge in [0.15, 0.2) is 0 Å². The van der Waals surface area contributed by atoms with Crippen molar-refractivity contribution < 1.29 is 18.1 Å². The van der Waals surface area contributed by atoms with Crippen molar-refractivity contribution in [2.75, 3.05) is 25.5 Å². The number of nitrogens with zero attached hydrogens (tertiary/aromatic N) is 1. The smallest absolute Gasteiger partial charge is 0.293 e. The van der Waals surface area contributed by atoms with Crippen LogP contribution < -0.4 is 10.0 Å². The molecule has 2 atom stereocenters. The van der Waals surface area contributed by atoms with Crippen LogP contribution in [0.2, 0.25) is 0 Å². The van der Waals surface area contributed by atoms with Gasteiger partial charge in [-0.1, -0.05) is 20.8 Å². The van der Waals surface area contributed by atoms with Crippen molar-refractivity contribution in [3.8, 4) is 0 Å². The number of nitrogens with one attached hydrogen (secondary N) is 2. The zero-order valence-corrected chi connectivity index (χ0v) is 16.4. The van der Waals surface area contributed by atoms with Crippen LogP contribution in [0.15, 0.2) is 23.1 Å². The minimum absolute atomic E-state index is 0.0244. The summed E-state index contributed by atoms with van der Waals surface area (Å²) in [5.41, 5.74) is 0.0253. The Morgan fingerprint density at radius 3 is 2.62 bits per heavy atom. The lowest BCUT2D eigenvalue weighted by Crippen LogP contribution is -2.42. The van der Waals surface area contributed by atoms with Crippen molar-refractivity contribution in [1.29, 1.82) is 0 Å². The van der Waals surface area contributed by atoms with E-state index in [9.17, 15) is 18.5 Å². The molecule has 1 saturated heterocycles. The van der Waals surface area contributed by atoms with E-state index in [1.54, 1.807) is 0 Å². The van der Waals surface area contributed by atoms with Crippen LogP contribution in [0.1, 0.15) is 33.6 Å². The van der Waals surface area contributed by atoms with Gasteiger partial charge in [-0.25, -0.2) is 13.1 Å². The van der Waals surface area contributed by atoms with Crippen LogP contribution in [0.25, 0.3) is 0 Å². The van der Waals surface area contributed by atoms with Gasteiger partial charge in [-0.2, -0.15) is 0 Å². The van der Waals surface area contributed by atoms with Crippen LogP contribution in [0.3, 0.4) is 0 Å². The maximum Gasteiger partial charge on any atom is 0.293 e. The van der Waals surface area contributed by atoms with Gasteiger partial charge in [-0.15, -0.1) is 0 Å². The average molecular weight is 385 g/mol. The monoisotopic (exact) mass is 385 g/mol. The quantitative estimate of drug-likeness (QED) is 0.575. The van der Waals surface area contributed by atoms with Gasteiger partial charge in [0.05, 0.1) is 15.9 Å². The van der Waals surface area contributed by atoms with Crippen molar-refractivity contribution in [3.05, 3.63) is 28.3 Å². The van der Waals surface area contributed by atoms with Gasteiger partial charge in [0.1, 0.15) is 5.69 Å². The van der Waals surface area contributed by atoms with E-state index in [0.717, 1.165) is 25.5 Å². The molecule has 0 bridgehead atoms. The third kappa shape index (κ3) is 4.72. The lowest BCUT2D eigenvalue weighted by atomic mass is 9.78. The summed E-state index contributed by atoms with van der Waals surface area (Å²) >= 11 is 0. The Bertz CT molecular complexity index is 758. The summed E-state index contributed by atoms with van der Waals surface area (Å²) in [6.07, 6.45) is 2.00. The second kappa shape index (κ2) is 7.89. The average Bonchev–Trinajstić information content (AvgIpc) is 2.59. The highest BCUT2D eigenvalue weighted by Crippen LogP contribution is 2.35. The maximum atomic E-state index is 11.9. The Morgan fingerprint density at radius 1 is 1.35 bits per heavy atom. The number of nitro benzene ring substituents is 1. The molecule has 9 heteroatoms. The first-order valence-electron chi connectivity index (χ1n) is 8.63. The molecule has 146 valence electrons. The number of rotatable bonds is 6. The second-order valence-corrected chi connectivity index (χ2v) is 9.47. The van der Waals surface area contributed by atoms with Crippen LogP contribution >= 0.6 is 0 Å². The van der Waals surface area contributed by atoms with Crippen LogP contribution in [0.5, 0.6) is 0 Å². The van der Waals surface area contributed by atoms with Crippen molar-refractivity contribution in [2.45, 2.75) is 44.6 Å². The molecule has 1 aromatic rings. The molecule has 1 aliphatic rings. The Morgan fingerprint density at radius 2 is 2.04 bits per heavy atom. The molecule has 26 heavy (non-hydrogen) atoms. The Kier molecular flexibility index (Phi) is 6.25. The molecule has 8 nitrogen and oxygen atoms in total. The molecule has 2 unspecified atom stereocenters. The summed E-state index contributed by atoms with van der Waals surface area (Å²) in [4.78, 5) is 10.7. The summed E-state index contributed by atoms with van der Waals surface area (Å²) in [5, 5.41) is 14.5. The fourth-order valence-electron chi connectivity index (χ4n) is 3.35. The third-order valence-electron chi connectivity index (χ3n) is 4.60. The van der Waals surface area contributed by atoms with Crippen molar-refractivity contribution in [2.24, 2.45) is 11.3 Å². The number of hydrogen-bond donors (Lipinski definition) is 2. The molecule has 1 aliphatic heterocycles. The van der Waals surface area contributed by atoms with E-state index >= 15 is 0 Å². The van der Waals surface area contributed by atoms with E-state index in [1.165, 1.54) is 19.2 Å². The summed E-state index contributed by atoms with van der Waals surface area (Å²) in [6, 6.07) is 3.88. The zero-order chi connectivity index (χ0) is 19.5. The minimum Gasteiger partial charge on any atom is -0.379 e. The van der Waals surface area contributed by atoms with E-state index in [4.69, 9.17) is 4.74 Å². The summed E-state index contributed by atoms with van der Waals surface area (Å²) in [5.74, 6) is 0.226. The van der Waals surface area contributed by atoms with E-state index < -0.39 is 14.9 Å². The lowest BCUT2D eigenvalue weighted by Gasteiger charge is -2.40. The molecule has 2 N–H and O–H groups in total. The fourth-order valence-corrected chi connectivity index (χ4v) is 4.10. The van der Waals surface area contributed by atoms with Gasteiger partial charge in [-0.05, 0) is 37.4 Å². The molecule has 1 heterocycles. The van der Waals surface area contributed by atoms with Crippen LogP contribution in [0.4, 0.5) is 11.4 Å². The molecule has 0 radical (unpaired) electrons. The molecule has 0 spiro atoms. The third-order valence-corrected chi connectivity index (χ3v) is 6.01. The zero-order valence-electron chi connectivity index (χ0n) is 15.6. The molecule has 0 amide bonds. The van der Waals surface area contributed by atoms with E-state index in [2.05, 4.69) is 30.8 Å². The highest BCUT2D eigenvalue weighted by atomic mass is 32.2. The second-order valence-electron chi connectivity index (χ2n) is 7.58. The summed E-state index contributed by atoms with van der Waals surface area (Å²) in [7, 11) is -2.47. The van der Waals surface area contributed by atoms with Crippen molar-refractivity contribution in [3.63, 3.8) is 0 Å². The highest BCUT2D eigenvalue weighted by Gasteiger charge is 2.35. The van der Waals surface area contributed by atoms with Crippen LogP contribution in [-0.4, -0.2) is 39.6 Å². The lowest BCUT2D eigenvalue weighted by molar-refractivity contribution is -0.384. The van der Waals surface area contributed by atoms with Gasteiger partial charge in [0, 0.05) is 25.1 Å². The standard InChI is InChI=1S/C17H27N3O5S/c1-17(2,3)16-12(6-5-9-25-16)11-19-14-8-7-13(26(23,24)18-4)10-15(14)20(21)22/h7-8,10,12,16,18-19H,5-6,9,11H2,1-4H3. The first-order chi connectivity index (χ1) is 12.1. The largest absolute Gasteiger partial charge is 0.379 e. The Balaban J connectivity index is 2.22. The summed E-state index contributed by atoms with van der Waals surface area (Å²) < 4.78 is 31.8. The molecular formula is C17H27N3O5S. The normalized spacial score (nSPS) is 21.4.